The van der Waals surface area contributed by atoms with Crippen molar-refractivity contribution in [2.75, 3.05) is 26.4 Å². The minimum absolute atomic E-state index is 0.0365. The maximum Gasteiger partial charge on any atom is 0.137 e. The molecule has 0 heterocycles. The first-order chi connectivity index (χ1) is 14.9. The van der Waals surface area contributed by atoms with E-state index in [1.165, 1.54) is 12.1 Å². The van der Waals surface area contributed by atoms with Crippen molar-refractivity contribution in [2.24, 2.45) is 0 Å². The Hall–Kier alpha value is -3.46. The highest BCUT2D eigenvalue weighted by atomic mass is 16.5. The zero-order chi connectivity index (χ0) is 22.8. The van der Waals surface area contributed by atoms with Gasteiger partial charge in [-0.05, 0) is 31.4 Å². The zero-order valence-electron chi connectivity index (χ0n) is 17.3. The molecule has 164 valence electrons. The Bertz CT molecular complexity index is 908. The quantitative estimate of drug-likeness (QED) is 0.398. The lowest BCUT2D eigenvalue weighted by Gasteiger charge is -2.21. The Labute approximate surface area is 181 Å². The van der Waals surface area contributed by atoms with Crippen molar-refractivity contribution < 1.29 is 29.9 Å². The number of hydrogen-bond acceptors (Lipinski definition) is 8. The second kappa shape index (κ2) is 11.7. The molecule has 0 bridgehead atoms. The van der Waals surface area contributed by atoms with Gasteiger partial charge in [-0.3, -0.25) is 0 Å². The van der Waals surface area contributed by atoms with Gasteiger partial charge in [-0.2, -0.15) is 10.5 Å². The van der Waals surface area contributed by atoms with Gasteiger partial charge in [0.05, 0.1) is 11.1 Å². The topological polar surface area (TPSA) is 147 Å². The highest BCUT2D eigenvalue weighted by Gasteiger charge is 2.24. The highest BCUT2D eigenvalue weighted by Crippen LogP contribution is 2.42. The van der Waals surface area contributed by atoms with Crippen LogP contribution in [-0.2, 0) is 9.47 Å². The number of rotatable bonds is 11. The van der Waals surface area contributed by atoms with Crippen LogP contribution in [-0.4, -0.2) is 46.9 Å². The Balaban J connectivity index is 2.28. The van der Waals surface area contributed by atoms with Gasteiger partial charge in [0, 0.05) is 55.6 Å². The molecule has 4 N–H and O–H groups in total. The van der Waals surface area contributed by atoms with E-state index in [2.05, 4.69) is 0 Å². The molecule has 0 aromatic heterocycles. The fraction of sp³-hybridized carbons (Fsp3) is 0.391. The number of nitriles is 2. The number of phenols is 4. The van der Waals surface area contributed by atoms with E-state index in [1.807, 2.05) is 19.1 Å². The molecule has 0 aliphatic rings. The van der Waals surface area contributed by atoms with E-state index < -0.39 is 5.92 Å². The van der Waals surface area contributed by atoms with Gasteiger partial charge >= 0.3 is 0 Å². The number of benzene rings is 2. The molecule has 0 radical (unpaired) electrons. The van der Waals surface area contributed by atoms with Crippen molar-refractivity contribution in [2.45, 2.75) is 32.1 Å². The van der Waals surface area contributed by atoms with E-state index in [1.54, 1.807) is 0 Å². The molecule has 0 unspecified atom stereocenters. The molecule has 0 saturated heterocycles. The van der Waals surface area contributed by atoms with Gasteiger partial charge in [0.2, 0.25) is 0 Å². The molecule has 8 heteroatoms. The molecule has 0 fully saturated rings. The average Bonchev–Trinajstić information content (AvgIpc) is 2.74. The fourth-order valence-electron chi connectivity index (χ4n) is 3.22. The van der Waals surface area contributed by atoms with E-state index in [-0.39, 0.29) is 51.9 Å². The summed E-state index contributed by atoms with van der Waals surface area (Å²) >= 11 is 0. The number of hydrogen-bond donors (Lipinski definition) is 4. The summed E-state index contributed by atoms with van der Waals surface area (Å²) in [7, 11) is 0. The summed E-state index contributed by atoms with van der Waals surface area (Å²) in [4.78, 5) is 0. The van der Waals surface area contributed by atoms with Crippen LogP contribution < -0.4 is 0 Å². The SMILES string of the molecule is CCCOCCCOCCC(c1cc(C#N)c(O)cc1O)c1cc(C#N)c(O)cc1O. The zero-order valence-corrected chi connectivity index (χ0v) is 17.3. The summed E-state index contributed by atoms with van der Waals surface area (Å²) in [6.07, 6.45) is 1.98. The summed E-state index contributed by atoms with van der Waals surface area (Å²) < 4.78 is 11.1. The van der Waals surface area contributed by atoms with Gasteiger partial charge in [-0.25, -0.2) is 0 Å². The maximum absolute atomic E-state index is 10.4. The molecule has 0 aliphatic carbocycles. The summed E-state index contributed by atoms with van der Waals surface area (Å²) in [5, 5.41) is 59.0. The van der Waals surface area contributed by atoms with Gasteiger partial charge in [0.15, 0.2) is 0 Å². The summed E-state index contributed by atoms with van der Waals surface area (Å²) in [5.74, 6) is -1.91. The van der Waals surface area contributed by atoms with Gasteiger partial charge in [-0.1, -0.05) is 6.92 Å². The Morgan fingerprint density at radius 1 is 0.742 bits per heavy atom. The number of nitrogens with zero attached hydrogens (tertiary/aromatic N) is 2. The van der Waals surface area contributed by atoms with Crippen LogP contribution >= 0.6 is 0 Å². The summed E-state index contributed by atoms with van der Waals surface area (Å²) in [6.45, 7) is 4.05. The number of aromatic hydroxyl groups is 4. The van der Waals surface area contributed by atoms with E-state index >= 15 is 0 Å². The lowest BCUT2D eigenvalue weighted by molar-refractivity contribution is 0.0809. The van der Waals surface area contributed by atoms with E-state index in [0.29, 0.717) is 26.2 Å². The number of ether oxygens (including phenoxy) is 2. The largest absolute Gasteiger partial charge is 0.508 e. The van der Waals surface area contributed by atoms with Crippen LogP contribution in [0, 0.1) is 22.7 Å². The summed E-state index contributed by atoms with van der Waals surface area (Å²) in [5.41, 5.74) is 0.499. The second-order valence-corrected chi connectivity index (χ2v) is 7.00. The van der Waals surface area contributed by atoms with Gasteiger partial charge in [0.25, 0.3) is 0 Å². The van der Waals surface area contributed by atoms with Crippen molar-refractivity contribution in [1.82, 2.24) is 0 Å². The third-order valence-corrected chi connectivity index (χ3v) is 4.76. The molecular weight excluding hydrogens is 400 g/mol. The molecule has 2 aromatic rings. The molecule has 0 atom stereocenters. The molecule has 2 aromatic carbocycles. The molecule has 8 nitrogen and oxygen atoms in total. The van der Waals surface area contributed by atoms with Crippen molar-refractivity contribution in [3.8, 4) is 35.1 Å². The van der Waals surface area contributed by atoms with Crippen LogP contribution in [0.2, 0.25) is 0 Å². The normalized spacial score (nSPS) is 10.7. The molecule has 0 saturated carbocycles. The van der Waals surface area contributed by atoms with Crippen LogP contribution in [0.5, 0.6) is 23.0 Å². The van der Waals surface area contributed by atoms with Crippen LogP contribution in [0.3, 0.4) is 0 Å². The first kappa shape index (κ1) is 23.8. The minimum Gasteiger partial charge on any atom is -0.508 e. The lowest BCUT2D eigenvalue weighted by Crippen LogP contribution is -2.09. The lowest BCUT2D eigenvalue weighted by atomic mass is 9.85. The Morgan fingerprint density at radius 3 is 1.68 bits per heavy atom. The molecule has 0 spiro atoms. The predicted octanol–water partition coefficient (Wildman–Crippen LogP) is 3.61. The predicted molar refractivity (Wildman–Crippen MR) is 112 cm³/mol. The second-order valence-electron chi connectivity index (χ2n) is 7.00. The monoisotopic (exact) mass is 426 g/mol. The third-order valence-electron chi connectivity index (χ3n) is 4.76. The van der Waals surface area contributed by atoms with Gasteiger partial charge in [-0.15, -0.1) is 0 Å². The van der Waals surface area contributed by atoms with Gasteiger partial charge < -0.3 is 29.9 Å². The van der Waals surface area contributed by atoms with Crippen molar-refractivity contribution in [1.29, 1.82) is 10.5 Å². The fourth-order valence-corrected chi connectivity index (χ4v) is 3.22. The van der Waals surface area contributed by atoms with Crippen molar-refractivity contribution in [3.63, 3.8) is 0 Å². The highest BCUT2D eigenvalue weighted by molar-refractivity contribution is 5.58. The third kappa shape index (κ3) is 6.26. The summed E-state index contributed by atoms with van der Waals surface area (Å²) in [6, 6.07) is 8.52. The Kier molecular flexibility index (Phi) is 8.95. The molecule has 2 rings (SSSR count). The number of phenolic OH excluding ortho intramolecular Hbond substituents is 4. The van der Waals surface area contributed by atoms with E-state index in [0.717, 1.165) is 25.0 Å². The van der Waals surface area contributed by atoms with Crippen LogP contribution in [0.25, 0.3) is 0 Å². The minimum atomic E-state index is -0.656. The van der Waals surface area contributed by atoms with Gasteiger partial charge in [0.1, 0.15) is 35.1 Å². The van der Waals surface area contributed by atoms with Crippen molar-refractivity contribution in [3.05, 3.63) is 46.5 Å². The van der Waals surface area contributed by atoms with Crippen LogP contribution in [0.1, 0.15) is 54.4 Å². The van der Waals surface area contributed by atoms with Crippen LogP contribution in [0.4, 0.5) is 0 Å². The first-order valence-electron chi connectivity index (χ1n) is 10.00. The molecule has 31 heavy (non-hydrogen) atoms. The Morgan fingerprint density at radius 2 is 1.23 bits per heavy atom. The standard InChI is InChI=1S/C23H26N2O6/c1-2-5-30-6-3-7-31-8-4-17(18-9-15(13-24)20(26)11-22(18)28)19-10-16(14-25)21(27)12-23(19)29/h9-12,17,26-29H,2-8H2,1H3. The first-order valence-corrected chi connectivity index (χ1v) is 10.00. The van der Waals surface area contributed by atoms with Crippen molar-refractivity contribution >= 4 is 0 Å². The van der Waals surface area contributed by atoms with E-state index in [9.17, 15) is 30.9 Å². The molecule has 0 amide bonds. The average molecular weight is 426 g/mol. The maximum atomic E-state index is 10.4. The molecule has 0 aliphatic heterocycles. The van der Waals surface area contributed by atoms with Crippen LogP contribution in [0.15, 0.2) is 24.3 Å². The van der Waals surface area contributed by atoms with E-state index in [4.69, 9.17) is 9.47 Å². The molecular formula is C23H26N2O6. The smallest absolute Gasteiger partial charge is 0.137 e.